The van der Waals surface area contributed by atoms with Crippen molar-refractivity contribution >= 4 is 0 Å². The number of aliphatic hydroxyl groups is 1. The molecule has 0 spiro atoms. The van der Waals surface area contributed by atoms with E-state index < -0.39 is 6.10 Å². The third-order valence-electron chi connectivity index (χ3n) is 1.85. The average Bonchev–Trinajstić information content (AvgIpc) is 2.10. The first-order valence-corrected chi connectivity index (χ1v) is 4.05. The number of rotatable bonds is 3. The minimum Gasteiger partial charge on any atom is -0.504 e. The molecule has 13 heavy (non-hydrogen) atoms. The lowest BCUT2D eigenvalue weighted by atomic mass is 10.1. The predicted octanol–water partition coefficient (Wildman–Crippen LogP) is 0.480. The van der Waals surface area contributed by atoms with Crippen LogP contribution in [-0.4, -0.2) is 21.9 Å². The van der Waals surface area contributed by atoms with Gasteiger partial charge in [0.2, 0.25) is 0 Å². The van der Waals surface area contributed by atoms with E-state index in [2.05, 4.69) is 0 Å². The molecule has 0 bridgehead atoms. The topological polar surface area (TPSA) is 86.7 Å². The number of aliphatic hydroxyl groups excluding tert-OH is 1. The van der Waals surface area contributed by atoms with E-state index in [1.54, 1.807) is 12.1 Å². The molecule has 1 atom stereocenters. The molecule has 1 rings (SSSR count). The van der Waals surface area contributed by atoms with Gasteiger partial charge in [-0.15, -0.1) is 0 Å². The van der Waals surface area contributed by atoms with E-state index in [1.807, 2.05) is 0 Å². The van der Waals surface area contributed by atoms with Crippen LogP contribution in [0.3, 0.4) is 0 Å². The number of benzene rings is 1. The van der Waals surface area contributed by atoms with Crippen LogP contribution in [0.2, 0.25) is 0 Å². The maximum Gasteiger partial charge on any atom is 0.163 e. The smallest absolute Gasteiger partial charge is 0.163 e. The fourth-order valence-corrected chi connectivity index (χ4v) is 1.13. The van der Waals surface area contributed by atoms with E-state index in [0.29, 0.717) is 18.5 Å². The highest BCUT2D eigenvalue weighted by Crippen LogP contribution is 2.33. The number of aromatic hydroxyl groups is 2. The molecule has 0 aliphatic rings. The zero-order valence-corrected chi connectivity index (χ0v) is 7.14. The van der Waals surface area contributed by atoms with Crippen molar-refractivity contribution in [3.63, 3.8) is 0 Å². The summed E-state index contributed by atoms with van der Waals surface area (Å²) in [6, 6.07) is 4.47. The summed E-state index contributed by atoms with van der Waals surface area (Å²) < 4.78 is 0. The average molecular weight is 183 g/mol. The molecule has 72 valence electrons. The number of nitrogens with two attached hydrogens (primary N) is 1. The zero-order valence-electron chi connectivity index (χ0n) is 7.14. The van der Waals surface area contributed by atoms with E-state index >= 15 is 0 Å². The Kier molecular flexibility index (Phi) is 3.11. The molecule has 0 amide bonds. The first kappa shape index (κ1) is 9.83. The van der Waals surface area contributed by atoms with Crippen molar-refractivity contribution in [2.24, 2.45) is 5.73 Å². The van der Waals surface area contributed by atoms with Crippen molar-refractivity contribution in [1.29, 1.82) is 0 Å². The summed E-state index contributed by atoms with van der Waals surface area (Å²) in [5.41, 5.74) is 5.56. The lowest BCUT2D eigenvalue weighted by molar-refractivity contribution is 0.165. The van der Waals surface area contributed by atoms with Gasteiger partial charge in [0.1, 0.15) is 0 Å². The van der Waals surface area contributed by atoms with E-state index in [-0.39, 0.29) is 11.5 Å². The first-order valence-electron chi connectivity index (χ1n) is 4.05. The van der Waals surface area contributed by atoms with E-state index in [9.17, 15) is 10.2 Å². The molecule has 0 aliphatic heterocycles. The minimum absolute atomic E-state index is 0.228. The Morgan fingerprint density at radius 1 is 1.31 bits per heavy atom. The summed E-state index contributed by atoms with van der Waals surface area (Å²) in [5.74, 6) is -0.503. The number of phenols is 2. The second kappa shape index (κ2) is 4.11. The van der Waals surface area contributed by atoms with Gasteiger partial charge in [-0.1, -0.05) is 12.1 Å². The second-order valence-electron chi connectivity index (χ2n) is 2.81. The summed E-state index contributed by atoms with van der Waals surface area (Å²) in [5, 5.41) is 27.9. The Morgan fingerprint density at radius 3 is 2.62 bits per heavy atom. The molecule has 0 aliphatic carbocycles. The van der Waals surface area contributed by atoms with Gasteiger partial charge in [0.05, 0.1) is 6.10 Å². The van der Waals surface area contributed by atoms with Crippen LogP contribution in [0.25, 0.3) is 0 Å². The fraction of sp³-hybridized carbons (Fsp3) is 0.333. The van der Waals surface area contributed by atoms with Crippen LogP contribution in [0.5, 0.6) is 11.5 Å². The molecule has 0 unspecified atom stereocenters. The Hall–Kier alpha value is -1.26. The summed E-state index contributed by atoms with van der Waals surface area (Å²) in [7, 11) is 0. The molecule has 4 nitrogen and oxygen atoms in total. The van der Waals surface area contributed by atoms with Crippen LogP contribution >= 0.6 is 0 Å². The van der Waals surface area contributed by atoms with E-state index in [0.717, 1.165) is 0 Å². The number of phenolic OH excluding ortho intramolecular Hbond substituents is 2. The zero-order chi connectivity index (χ0) is 9.84. The van der Waals surface area contributed by atoms with E-state index in [1.165, 1.54) is 6.07 Å². The van der Waals surface area contributed by atoms with Crippen molar-refractivity contribution in [2.75, 3.05) is 6.54 Å². The molecular formula is C9H13NO3. The van der Waals surface area contributed by atoms with Gasteiger partial charge in [-0.3, -0.25) is 0 Å². The van der Waals surface area contributed by atoms with Gasteiger partial charge in [-0.05, 0) is 19.0 Å². The van der Waals surface area contributed by atoms with Gasteiger partial charge in [-0.25, -0.2) is 0 Å². The third kappa shape index (κ3) is 2.11. The molecule has 0 aromatic heterocycles. The summed E-state index contributed by atoms with van der Waals surface area (Å²) in [6.45, 7) is 0.330. The Morgan fingerprint density at radius 2 is 2.00 bits per heavy atom. The number of para-hydroxylation sites is 1. The fourth-order valence-electron chi connectivity index (χ4n) is 1.13. The number of hydrogen-bond acceptors (Lipinski definition) is 4. The van der Waals surface area contributed by atoms with Gasteiger partial charge < -0.3 is 21.1 Å². The quantitative estimate of drug-likeness (QED) is 0.513. The largest absolute Gasteiger partial charge is 0.504 e. The first-order chi connectivity index (χ1) is 6.16. The highest BCUT2D eigenvalue weighted by molar-refractivity contribution is 5.45. The van der Waals surface area contributed by atoms with Crippen molar-refractivity contribution < 1.29 is 15.3 Å². The molecule has 0 radical (unpaired) electrons. The lowest BCUT2D eigenvalue weighted by Gasteiger charge is -2.11. The van der Waals surface area contributed by atoms with Crippen LogP contribution in [0.15, 0.2) is 18.2 Å². The van der Waals surface area contributed by atoms with Crippen molar-refractivity contribution in [3.05, 3.63) is 23.8 Å². The Balaban J connectivity index is 2.93. The van der Waals surface area contributed by atoms with E-state index in [4.69, 9.17) is 10.8 Å². The van der Waals surface area contributed by atoms with Gasteiger partial charge in [0, 0.05) is 5.56 Å². The van der Waals surface area contributed by atoms with Crippen LogP contribution in [0, 0.1) is 0 Å². The third-order valence-corrected chi connectivity index (χ3v) is 1.85. The van der Waals surface area contributed by atoms with Gasteiger partial charge in [-0.2, -0.15) is 0 Å². The normalized spacial score (nSPS) is 12.8. The van der Waals surface area contributed by atoms with Crippen LogP contribution in [-0.2, 0) is 0 Å². The molecule has 5 N–H and O–H groups in total. The highest BCUT2D eigenvalue weighted by Gasteiger charge is 2.13. The summed E-state index contributed by atoms with van der Waals surface area (Å²) >= 11 is 0. The molecule has 1 aromatic carbocycles. The molecule has 0 saturated heterocycles. The number of hydrogen-bond donors (Lipinski definition) is 4. The Bertz CT molecular complexity index is 288. The van der Waals surface area contributed by atoms with Crippen molar-refractivity contribution in [3.8, 4) is 11.5 Å². The second-order valence-corrected chi connectivity index (χ2v) is 2.81. The maximum atomic E-state index is 9.47. The SMILES string of the molecule is NCC[C@@H](O)c1cccc(O)c1O. The highest BCUT2D eigenvalue weighted by atomic mass is 16.3. The van der Waals surface area contributed by atoms with Crippen molar-refractivity contribution in [2.45, 2.75) is 12.5 Å². The molecule has 1 aromatic rings. The van der Waals surface area contributed by atoms with Gasteiger partial charge in [0.15, 0.2) is 11.5 Å². The summed E-state index contributed by atoms with van der Waals surface area (Å²) in [6.07, 6.45) is -0.464. The molecule has 0 saturated carbocycles. The monoisotopic (exact) mass is 183 g/mol. The molecule has 4 heteroatoms. The lowest BCUT2D eigenvalue weighted by Crippen LogP contribution is -2.06. The standard InChI is InChI=1S/C9H13NO3/c10-5-4-7(11)6-2-1-3-8(12)9(6)13/h1-3,7,11-13H,4-5,10H2/t7-/m1/s1. The van der Waals surface area contributed by atoms with Crippen LogP contribution in [0.4, 0.5) is 0 Å². The maximum absolute atomic E-state index is 9.47. The van der Waals surface area contributed by atoms with Gasteiger partial charge >= 0.3 is 0 Å². The van der Waals surface area contributed by atoms with Crippen molar-refractivity contribution in [1.82, 2.24) is 0 Å². The summed E-state index contributed by atoms with van der Waals surface area (Å²) in [4.78, 5) is 0. The van der Waals surface area contributed by atoms with Crippen LogP contribution in [0.1, 0.15) is 18.1 Å². The molecular weight excluding hydrogens is 170 g/mol. The minimum atomic E-state index is -0.822. The molecule has 0 heterocycles. The van der Waals surface area contributed by atoms with Crippen LogP contribution < -0.4 is 5.73 Å². The Labute approximate surface area is 76.2 Å². The predicted molar refractivity (Wildman–Crippen MR) is 48.4 cm³/mol. The molecule has 0 fully saturated rings. The van der Waals surface area contributed by atoms with Gasteiger partial charge in [0.25, 0.3) is 0 Å².